The zero-order valence-electron chi connectivity index (χ0n) is 11.6. The number of likely N-dealkylation sites (N-methyl/N-ethyl adjacent to an activating group) is 1. The molecule has 0 atom stereocenters. The van der Waals surface area contributed by atoms with Crippen molar-refractivity contribution in [1.29, 1.82) is 0 Å². The average Bonchev–Trinajstić information content (AvgIpc) is 2.47. The van der Waals surface area contributed by atoms with Crippen LogP contribution in [0.1, 0.15) is 13.3 Å². The van der Waals surface area contributed by atoms with Gasteiger partial charge in [0, 0.05) is 13.1 Å². The van der Waals surface area contributed by atoms with E-state index in [4.69, 9.17) is 4.74 Å². The molecule has 0 spiro atoms. The lowest BCUT2D eigenvalue weighted by atomic mass is 10.3. The Bertz CT molecular complexity index is 447. The molecule has 0 N–H and O–H groups in total. The molecule has 1 amide bonds. The number of ether oxygens (including phenoxy) is 2. The first-order chi connectivity index (χ1) is 9.56. The predicted octanol–water partition coefficient (Wildman–Crippen LogP) is 1.62. The molecule has 0 bridgehead atoms. The summed E-state index contributed by atoms with van der Waals surface area (Å²) in [6.07, 6.45) is 0.145. The number of carbonyl (C=O) groups excluding carboxylic acids is 2. The Morgan fingerprint density at radius 3 is 2.45 bits per heavy atom. The van der Waals surface area contributed by atoms with Crippen molar-refractivity contribution in [2.24, 2.45) is 0 Å². The molecule has 1 aromatic rings. The topological polar surface area (TPSA) is 55.8 Å². The molecule has 0 unspecified atom stereocenters. The Hall–Kier alpha value is -2.11. The highest BCUT2D eigenvalue weighted by Crippen LogP contribution is 2.11. The quantitative estimate of drug-likeness (QED) is 0.713. The third kappa shape index (κ3) is 5.26. The lowest BCUT2D eigenvalue weighted by Gasteiger charge is -2.20. The van der Waals surface area contributed by atoms with Crippen molar-refractivity contribution < 1.29 is 23.5 Å². The molecule has 0 aliphatic rings. The van der Waals surface area contributed by atoms with Crippen LogP contribution in [0.4, 0.5) is 4.39 Å². The monoisotopic (exact) mass is 283 g/mol. The van der Waals surface area contributed by atoms with E-state index >= 15 is 0 Å². The summed E-state index contributed by atoms with van der Waals surface area (Å²) in [5.41, 5.74) is 0. The minimum absolute atomic E-state index is 0.145. The summed E-state index contributed by atoms with van der Waals surface area (Å²) in [5.74, 6) is -0.544. The normalized spacial score (nSPS) is 9.95. The van der Waals surface area contributed by atoms with E-state index < -0.39 is 0 Å². The highest BCUT2D eigenvalue weighted by molar-refractivity contribution is 5.78. The van der Waals surface area contributed by atoms with E-state index in [0.29, 0.717) is 12.3 Å². The lowest BCUT2D eigenvalue weighted by molar-refractivity contribution is -0.142. The van der Waals surface area contributed by atoms with Crippen molar-refractivity contribution in [2.75, 3.05) is 26.8 Å². The Morgan fingerprint density at radius 2 is 1.90 bits per heavy atom. The Kier molecular flexibility index (Phi) is 6.49. The molecule has 5 nitrogen and oxygen atoms in total. The van der Waals surface area contributed by atoms with Crippen LogP contribution >= 0.6 is 0 Å². The summed E-state index contributed by atoms with van der Waals surface area (Å²) in [6.45, 7) is 2.42. The molecule has 0 radical (unpaired) electrons. The van der Waals surface area contributed by atoms with Gasteiger partial charge in [-0.05, 0) is 31.2 Å². The predicted molar refractivity (Wildman–Crippen MR) is 70.8 cm³/mol. The average molecular weight is 283 g/mol. The summed E-state index contributed by atoms with van der Waals surface area (Å²) >= 11 is 0. The maximum absolute atomic E-state index is 12.7. The molecule has 0 aromatic heterocycles. The Labute approximate surface area is 117 Å². The van der Waals surface area contributed by atoms with Crippen LogP contribution in [-0.2, 0) is 14.3 Å². The molecule has 1 aromatic carbocycles. The minimum Gasteiger partial charge on any atom is -0.484 e. The van der Waals surface area contributed by atoms with Gasteiger partial charge in [-0.1, -0.05) is 0 Å². The fraction of sp³-hybridized carbons (Fsp3) is 0.429. The zero-order valence-corrected chi connectivity index (χ0v) is 11.6. The zero-order chi connectivity index (χ0) is 15.0. The first kappa shape index (κ1) is 15.9. The molecule has 1 rings (SSSR count). The molecule has 0 saturated carbocycles. The van der Waals surface area contributed by atoms with Gasteiger partial charge in [0.1, 0.15) is 11.6 Å². The second-order valence-electron chi connectivity index (χ2n) is 4.04. The fourth-order valence-corrected chi connectivity index (χ4v) is 1.55. The summed E-state index contributed by atoms with van der Waals surface area (Å²) in [5, 5.41) is 0. The number of hydrogen-bond acceptors (Lipinski definition) is 4. The molecule has 0 saturated heterocycles. The second-order valence-corrected chi connectivity index (χ2v) is 4.04. The maximum Gasteiger partial charge on any atom is 0.307 e. The van der Waals surface area contributed by atoms with Gasteiger partial charge >= 0.3 is 5.97 Å². The standard InChI is InChI=1S/C14H18FNO4/c1-3-16(9-8-14(18)19-2)13(17)10-20-12-6-4-11(15)5-7-12/h4-7H,3,8-10H2,1-2H3. The van der Waals surface area contributed by atoms with Crippen molar-refractivity contribution in [3.63, 3.8) is 0 Å². The number of esters is 1. The fourth-order valence-electron chi connectivity index (χ4n) is 1.55. The molecule has 0 aliphatic carbocycles. The van der Waals surface area contributed by atoms with Crippen LogP contribution in [0.25, 0.3) is 0 Å². The summed E-state index contributed by atoms with van der Waals surface area (Å²) in [7, 11) is 1.30. The van der Waals surface area contributed by atoms with Gasteiger partial charge in [-0.15, -0.1) is 0 Å². The molecule has 0 heterocycles. The number of methoxy groups -OCH3 is 1. The first-order valence-electron chi connectivity index (χ1n) is 6.29. The van der Waals surface area contributed by atoms with Crippen LogP contribution in [0.5, 0.6) is 5.75 Å². The van der Waals surface area contributed by atoms with Crippen LogP contribution in [0.3, 0.4) is 0 Å². The molecule has 110 valence electrons. The van der Waals surface area contributed by atoms with Crippen molar-refractivity contribution in [2.45, 2.75) is 13.3 Å². The molecule has 20 heavy (non-hydrogen) atoms. The van der Waals surface area contributed by atoms with Gasteiger partial charge in [0.15, 0.2) is 6.61 Å². The summed E-state index contributed by atoms with van der Waals surface area (Å²) in [4.78, 5) is 24.4. The number of halogens is 1. The molecular weight excluding hydrogens is 265 g/mol. The Morgan fingerprint density at radius 1 is 1.25 bits per heavy atom. The maximum atomic E-state index is 12.7. The van der Waals surface area contributed by atoms with Gasteiger partial charge in [0.25, 0.3) is 5.91 Å². The number of carbonyl (C=O) groups is 2. The van der Waals surface area contributed by atoms with Gasteiger partial charge < -0.3 is 14.4 Å². The number of hydrogen-bond donors (Lipinski definition) is 0. The summed E-state index contributed by atoms with van der Waals surface area (Å²) in [6, 6.07) is 5.42. The molecule has 6 heteroatoms. The van der Waals surface area contributed by atoms with Gasteiger partial charge in [-0.2, -0.15) is 0 Å². The van der Waals surface area contributed by atoms with Gasteiger partial charge in [0.2, 0.25) is 0 Å². The van der Waals surface area contributed by atoms with Crippen LogP contribution < -0.4 is 4.74 Å². The third-order valence-corrected chi connectivity index (χ3v) is 2.72. The van der Waals surface area contributed by atoms with E-state index in [0.717, 1.165) is 0 Å². The smallest absolute Gasteiger partial charge is 0.307 e. The first-order valence-corrected chi connectivity index (χ1v) is 6.29. The highest BCUT2D eigenvalue weighted by Gasteiger charge is 2.14. The van der Waals surface area contributed by atoms with Crippen molar-refractivity contribution in [3.8, 4) is 5.75 Å². The van der Waals surface area contributed by atoms with E-state index in [-0.39, 0.29) is 37.3 Å². The van der Waals surface area contributed by atoms with E-state index in [1.165, 1.54) is 36.3 Å². The van der Waals surface area contributed by atoms with E-state index in [2.05, 4.69) is 4.74 Å². The van der Waals surface area contributed by atoms with Gasteiger partial charge in [-0.25, -0.2) is 4.39 Å². The van der Waals surface area contributed by atoms with Crippen molar-refractivity contribution in [3.05, 3.63) is 30.1 Å². The number of benzene rings is 1. The molecule has 0 fully saturated rings. The van der Waals surface area contributed by atoms with Crippen molar-refractivity contribution >= 4 is 11.9 Å². The van der Waals surface area contributed by atoms with Gasteiger partial charge in [0.05, 0.1) is 13.5 Å². The third-order valence-electron chi connectivity index (χ3n) is 2.72. The van der Waals surface area contributed by atoms with Crippen LogP contribution in [-0.4, -0.2) is 43.6 Å². The minimum atomic E-state index is -0.365. The van der Waals surface area contributed by atoms with E-state index in [9.17, 15) is 14.0 Å². The van der Waals surface area contributed by atoms with Crippen molar-refractivity contribution in [1.82, 2.24) is 4.90 Å². The lowest BCUT2D eigenvalue weighted by Crippen LogP contribution is -2.36. The largest absolute Gasteiger partial charge is 0.484 e. The van der Waals surface area contributed by atoms with Crippen LogP contribution in [0, 0.1) is 5.82 Å². The number of amides is 1. The van der Waals surface area contributed by atoms with E-state index in [1.54, 1.807) is 0 Å². The van der Waals surface area contributed by atoms with Crippen LogP contribution in [0.2, 0.25) is 0 Å². The number of nitrogens with zero attached hydrogens (tertiary/aromatic N) is 1. The highest BCUT2D eigenvalue weighted by atomic mass is 19.1. The molecule has 0 aliphatic heterocycles. The van der Waals surface area contributed by atoms with Crippen LogP contribution in [0.15, 0.2) is 24.3 Å². The van der Waals surface area contributed by atoms with Gasteiger partial charge in [-0.3, -0.25) is 9.59 Å². The SMILES string of the molecule is CCN(CCC(=O)OC)C(=O)COc1ccc(F)cc1. The summed E-state index contributed by atoms with van der Waals surface area (Å²) < 4.78 is 22.5. The van der Waals surface area contributed by atoms with E-state index in [1.807, 2.05) is 6.92 Å². The molecular formula is C14H18FNO4. The Balaban J connectivity index is 2.42. The number of rotatable bonds is 7. The second kappa shape index (κ2) is 8.14.